The van der Waals surface area contributed by atoms with Crippen molar-refractivity contribution in [1.29, 1.82) is 0 Å². The SMILES string of the molecule is C[C@H]1C=CC2=C(C=C1)Oc1ccccc1N2. The Balaban J connectivity index is 2.02. The number of anilines is 1. The molecule has 0 fully saturated rings. The lowest BCUT2D eigenvalue weighted by Crippen LogP contribution is -2.11. The van der Waals surface area contributed by atoms with Gasteiger partial charge in [0.15, 0.2) is 11.5 Å². The molecule has 0 saturated carbocycles. The van der Waals surface area contributed by atoms with E-state index in [0.717, 1.165) is 22.9 Å². The molecule has 3 rings (SSSR count). The average molecular weight is 211 g/mol. The summed E-state index contributed by atoms with van der Waals surface area (Å²) in [5.74, 6) is 2.22. The third-order valence-corrected chi connectivity index (χ3v) is 2.76. The van der Waals surface area contributed by atoms with Crippen molar-refractivity contribution in [3.8, 4) is 5.75 Å². The highest BCUT2D eigenvalue weighted by atomic mass is 16.5. The quantitative estimate of drug-likeness (QED) is 0.709. The first-order valence-corrected chi connectivity index (χ1v) is 5.47. The lowest BCUT2D eigenvalue weighted by atomic mass is 10.2. The van der Waals surface area contributed by atoms with E-state index >= 15 is 0 Å². The molecule has 1 N–H and O–H groups in total. The zero-order valence-corrected chi connectivity index (χ0v) is 9.10. The number of para-hydroxylation sites is 2. The summed E-state index contributed by atoms with van der Waals surface area (Å²) >= 11 is 0. The molecule has 0 saturated heterocycles. The Morgan fingerprint density at radius 2 is 1.94 bits per heavy atom. The zero-order chi connectivity index (χ0) is 11.0. The Morgan fingerprint density at radius 1 is 1.12 bits per heavy atom. The summed E-state index contributed by atoms with van der Waals surface area (Å²) in [4.78, 5) is 0. The van der Waals surface area contributed by atoms with Crippen LogP contribution in [-0.2, 0) is 0 Å². The molecule has 0 radical (unpaired) electrons. The average Bonchev–Trinajstić information content (AvgIpc) is 2.49. The summed E-state index contributed by atoms with van der Waals surface area (Å²) < 4.78 is 5.84. The lowest BCUT2D eigenvalue weighted by Gasteiger charge is -2.21. The van der Waals surface area contributed by atoms with Gasteiger partial charge in [-0.05, 0) is 30.2 Å². The lowest BCUT2D eigenvalue weighted by molar-refractivity contribution is 0.435. The third kappa shape index (κ3) is 1.52. The van der Waals surface area contributed by atoms with Gasteiger partial charge < -0.3 is 10.1 Å². The van der Waals surface area contributed by atoms with E-state index in [2.05, 4.69) is 30.5 Å². The second-order valence-electron chi connectivity index (χ2n) is 4.08. The molecule has 16 heavy (non-hydrogen) atoms. The van der Waals surface area contributed by atoms with Gasteiger partial charge in [-0.2, -0.15) is 0 Å². The number of nitrogens with one attached hydrogen (secondary N) is 1. The van der Waals surface area contributed by atoms with Crippen LogP contribution in [0.15, 0.2) is 60.0 Å². The minimum Gasteiger partial charge on any atom is -0.453 e. The van der Waals surface area contributed by atoms with Crippen molar-refractivity contribution >= 4 is 5.69 Å². The van der Waals surface area contributed by atoms with Gasteiger partial charge in [0.2, 0.25) is 0 Å². The van der Waals surface area contributed by atoms with Crippen LogP contribution in [0.2, 0.25) is 0 Å². The van der Waals surface area contributed by atoms with Crippen molar-refractivity contribution in [2.75, 3.05) is 5.32 Å². The first-order valence-electron chi connectivity index (χ1n) is 5.47. The number of benzene rings is 1. The van der Waals surface area contributed by atoms with E-state index in [4.69, 9.17) is 4.74 Å². The van der Waals surface area contributed by atoms with E-state index in [-0.39, 0.29) is 0 Å². The smallest absolute Gasteiger partial charge is 0.150 e. The van der Waals surface area contributed by atoms with Gasteiger partial charge in [0.05, 0.1) is 11.4 Å². The van der Waals surface area contributed by atoms with Crippen LogP contribution >= 0.6 is 0 Å². The summed E-state index contributed by atoms with van der Waals surface area (Å²) in [6, 6.07) is 7.97. The van der Waals surface area contributed by atoms with E-state index < -0.39 is 0 Å². The van der Waals surface area contributed by atoms with Gasteiger partial charge in [-0.25, -0.2) is 0 Å². The summed E-state index contributed by atoms with van der Waals surface area (Å²) in [6.45, 7) is 2.15. The Bertz CT molecular complexity index is 466. The van der Waals surface area contributed by atoms with Gasteiger partial charge in [0, 0.05) is 0 Å². The molecule has 1 atom stereocenters. The summed E-state index contributed by atoms with van der Waals surface area (Å²) in [6.07, 6.45) is 8.40. The normalized spacial score (nSPS) is 21.7. The fourth-order valence-electron chi connectivity index (χ4n) is 1.84. The highest BCUT2D eigenvalue weighted by Crippen LogP contribution is 2.33. The Labute approximate surface area is 94.9 Å². The van der Waals surface area contributed by atoms with Gasteiger partial charge in [-0.1, -0.05) is 31.2 Å². The molecule has 0 bridgehead atoms. The first-order chi connectivity index (χ1) is 7.83. The van der Waals surface area contributed by atoms with Crippen LogP contribution in [0.4, 0.5) is 5.69 Å². The zero-order valence-electron chi connectivity index (χ0n) is 9.10. The number of hydrogen-bond acceptors (Lipinski definition) is 2. The molecule has 2 nitrogen and oxygen atoms in total. The van der Waals surface area contributed by atoms with E-state index in [9.17, 15) is 0 Å². The number of hydrogen-bond donors (Lipinski definition) is 1. The van der Waals surface area contributed by atoms with E-state index in [1.165, 1.54) is 0 Å². The number of fused-ring (bicyclic) bond motifs is 1. The molecular weight excluding hydrogens is 198 g/mol. The van der Waals surface area contributed by atoms with Crippen LogP contribution in [0, 0.1) is 5.92 Å². The Kier molecular flexibility index (Phi) is 2.07. The summed E-state index contributed by atoms with van der Waals surface area (Å²) in [5.41, 5.74) is 2.05. The molecule has 1 heterocycles. The van der Waals surface area contributed by atoms with Crippen molar-refractivity contribution in [3.63, 3.8) is 0 Å². The molecule has 1 aliphatic carbocycles. The molecule has 2 aliphatic rings. The molecule has 80 valence electrons. The second-order valence-corrected chi connectivity index (χ2v) is 4.08. The molecule has 0 aromatic heterocycles. The molecular formula is C14H13NO. The van der Waals surface area contributed by atoms with Crippen molar-refractivity contribution in [3.05, 3.63) is 60.0 Å². The molecule has 0 unspecified atom stereocenters. The van der Waals surface area contributed by atoms with Gasteiger partial charge in [0.1, 0.15) is 0 Å². The predicted molar refractivity (Wildman–Crippen MR) is 65.2 cm³/mol. The van der Waals surface area contributed by atoms with Crippen LogP contribution in [0.1, 0.15) is 6.92 Å². The largest absolute Gasteiger partial charge is 0.453 e. The van der Waals surface area contributed by atoms with E-state index in [1.54, 1.807) is 0 Å². The van der Waals surface area contributed by atoms with Crippen LogP contribution in [-0.4, -0.2) is 0 Å². The van der Waals surface area contributed by atoms with Gasteiger partial charge in [-0.15, -0.1) is 0 Å². The van der Waals surface area contributed by atoms with Crippen molar-refractivity contribution in [2.45, 2.75) is 6.92 Å². The molecule has 1 aliphatic heterocycles. The Morgan fingerprint density at radius 3 is 2.88 bits per heavy atom. The van der Waals surface area contributed by atoms with E-state index in [1.807, 2.05) is 30.3 Å². The first kappa shape index (κ1) is 9.28. The van der Waals surface area contributed by atoms with Gasteiger partial charge in [0.25, 0.3) is 0 Å². The van der Waals surface area contributed by atoms with Crippen LogP contribution in [0.5, 0.6) is 5.75 Å². The summed E-state index contributed by atoms with van der Waals surface area (Å²) in [5, 5.41) is 3.38. The van der Waals surface area contributed by atoms with Gasteiger partial charge >= 0.3 is 0 Å². The third-order valence-electron chi connectivity index (χ3n) is 2.76. The van der Waals surface area contributed by atoms with Crippen LogP contribution in [0.3, 0.4) is 0 Å². The number of allylic oxidation sites excluding steroid dienone is 4. The van der Waals surface area contributed by atoms with Crippen molar-refractivity contribution < 1.29 is 4.74 Å². The second kappa shape index (κ2) is 3.56. The maximum Gasteiger partial charge on any atom is 0.150 e. The standard InChI is InChI=1S/C14H13NO/c1-10-6-8-12-14(9-7-10)16-13-5-3-2-4-11(13)15-12/h2-10,15H,1H3/t10-/m0/s1. The number of ether oxygens (including phenoxy) is 1. The maximum atomic E-state index is 5.84. The number of rotatable bonds is 0. The van der Waals surface area contributed by atoms with Gasteiger partial charge in [-0.3, -0.25) is 0 Å². The fraction of sp³-hybridized carbons (Fsp3) is 0.143. The summed E-state index contributed by atoms with van der Waals surface area (Å²) in [7, 11) is 0. The predicted octanol–water partition coefficient (Wildman–Crippen LogP) is 3.46. The van der Waals surface area contributed by atoms with Crippen molar-refractivity contribution in [1.82, 2.24) is 0 Å². The topological polar surface area (TPSA) is 21.3 Å². The van der Waals surface area contributed by atoms with Crippen molar-refractivity contribution in [2.24, 2.45) is 5.92 Å². The molecule has 0 spiro atoms. The highest BCUT2D eigenvalue weighted by molar-refractivity contribution is 5.65. The molecule has 0 amide bonds. The monoisotopic (exact) mass is 211 g/mol. The minimum atomic E-state index is 0.444. The molecule has 1 aromatic carbocycles. The molecule has 2 heteroatoms. The fourth-order valence-corrected chi connectivity index (χ4v) is 1.84. The van der Waals surface area contributed by atoms with Crippen LogP contribution < -0.4 is 10.1 Å². The van der Waals surface area contributed by atoms with Crippen LogP contribution in [0.25, 0.3) is 0 Å². The minimum absolute atomic E-state index is 0.444. The maximum absolute atomic E-state index is 5.84. The highest BCUT2D eigenvalue weighted by Gasteiger charge is 2.16. The molecule has 1 aromatic rings. The van der Waals surface area contributed by atoms with E-state index in [0.29, 0.717) is 5.92 Å². The Hall–Kier alpha value is -1.96.